The number of fused-ring (bicyclic) bond motifs is 1. The first-order valence-corrected chi connectivity index (χ1v) is 8.95. The Bertz CT molecular complexity index is 779. The van der Waals surface area contributed by atoms with Gasteiger partial charge in [-0.05, 0) is 32.3 Å². The molecule has 4 nitrogen and oxygen atoms in total. The van der Waals surface area contributed by atoms with E-state index in [0.717, 1.165) is 33.5 Å². The highest BCUT2D eigenvalue weighted by molar-refractivity contribution is 7.99. The van der Waals surface area contributed by atoms with Crippen LogP contribution in [0.4, 0.5) is 0 Å². The molecule has 1 aliphatic carbocycles. The molecule has 0 N–H and O–H groups in total. The van der Waals surface area contributed by atoms with Gasteiger partial charge >= 0.3 is 0 Å². The third-order valence-electron chi connectivity index (χ3n) is 4.16. The van der Waals surface area contributed by atoms with Crippen LogP contribution in [0.2, 0.25) is 0 Å². The molecule has 0 bridgehead atoms. The van der Waals surface area contributed by atoms with Crippen LogP contribution in [0, 0.1) is 25.2 Å². The fourth-order valence-corrected chi connectivity index (χ4v) is 4.77. The SMILES string of the molecule is Cc1sc2nc(SCC#N)n(C3CCCC3)c(=O)c2c1C. The number of hydrogen-bond acceptors (Lipinski definition) is 5. The van der Waals surface area contributed by atoms with E-state index in [-0.39, 0.29) is 11.6 Å². The number of hydrogen-bond donors (Lipinski definition) is 0. The summed E-state index contributed by atoms with van der Waals surface area (Å²) < 4.78 is 1.86. The van der Waals surface area contributed by atoms with Crippen LogP contribution in [0.5, 0.6) is 0 Å². The van der Waals surface area contributed by atoms with Crippen molar-refractivity contribution in [2.24, 2.45) is 0 Å². The van der Waals surface area contributed by atoms with Gasteiger partial charge in [0.15, 0.2) is 5.16 Å². The van der Waals surface area contributed by atoms with E-state index in [4.69, 9.17) is 10.2 Å². The number of nitrogens with zero attached hydrogens (tertiary/aromatic N) is 3. The summed E-state index contributed by atoms with van der Waals surface area (Å²) in [6.45, 7) is 4.03. The Morgan fingerprint density at radius 3 is 2.81 bits per heavy atom. The molecule has 0 aromatic carbocycles. The molecule has 2 aromatic heterocycles. The van der Waals surface area contributed by atoms with Crippen molar-refractivity contribution in [1.29, 1.82) is 5.26 Å². The van der Waals surface area contributed by atoms with Gasteiger partial charge in [-0.15, -0.1) is 11.3 Å². The molecule has 2 aromatic rings. The molecule has 6 heteroatoms. The molecule has 0 amide bonds. The molecule has 110 valence electrons. The summed E-state index contributed by atoms with van der Waals surface area (Å²) in [5, 5.41) is 10.3. The van der Waals surface area contributed by atoms with Crippen LogP contribution in [0.3, 0.4) is 0 Å². The molecular formula is C15H17N3OS2. The maximum atomic E-state index is 13.0. The monoisotopic (exact) mass is 319 g/mol. The van der Waals surface area contributed by atoms with Gasteiger partial charge in [0.25, 0.3) is 5.56 Å². The second kappa shape index (κ2) is 5.82. The van der Waals surface area contributed by atoms with E-state index in [1.807, 2.05) is 18.4 Å². The summed E-state index contributed by atoms with van der Waals surface area (Å²) in [7, 11) is 0. The number of thiophene rings is 1. The van der Waals surface area contributed by atoms with Gasteiger partial charge in [-0.2, -0.15) is 5.26 Å². The number of aromatic nitrogens is 2. The predicted octanol–water partition coefficient (Wildman–Crippen LogP) is 3.81. The van der Waals surface area contributed by atoms with E-state index in [0.29, 0.717) is 10.9 Å². The van der Waals surface area contributed by atoms with Crippen LogP contribution in [0.1, 0.15) is 42.2 Å². The summed E-state index contributed by atoms with van der Waals surface area (Å²) in [6.07, 6.45) is 4.41. The highest BCUT2D eigenvalue weighted by Gasteiger charge is 2.24. The van der Waals surface area contributed by atoms with Gasteiger partial charge in [0.2, 0.25) is 0 Å². The van der Waals surface area contributed by atoms with Gasteiger partial charge in [-0.25, -0.2) is 4.98 Å². The molecule has 0 aliphatic heterocycles. The molecule has 1 saturated carbocycles. The zero-order valence-corrected chi connectivity index (χ0v) is 13.8. The number of aryl methyl sites for hydroxylation is 2. The Kier molecular flexibility index (Phi) is 4.05. The maximum Gasteiger partial charge on any atom is 0.263 e. The van der Waals surface area contributed by atoms with Crippen molar-refractivity contribution >= 4 is 33.3 Å². The van der Waals surface area contributed by atoms with Gasteiger partial charge in [0.05, 0.1) is 17.2 Å². The first kappa shape index (κ1) is 14.6. The second-order valence-electron chi connectivity index (χ2n) is 5.42. The van der Waals surface area contributed by atoms with Crippen LogP contribution in [0.25, 0.3) is 10.2 Å². The Morgan fingerprint density at radius 1 is 1.43 bits per heavy atom. The van der Waals surface area contributed by atoms with Gasteiger partial charge in [0, 0.05) is 10.9 Å². The minimum Gasteiger partial charge on any atom is -0.284 e. The molecular weight excluding hydrogens is 302 g/mol. The second-order valence-corrected chi connectivity index (χ2v) is 7.56. The lowest BCUT2D eigenvalue weighted by atomic mass is 10.2. The number of rotatable bonds is 3. The first-order valence-electron chi connectivity index (χ1n) is 7.15. The predicted molar refractivity (Wildman–Crippen MR) is 87.2 cm³/mol. The Balaban J connectivity index is 2.24. The van der Waals surface area contributed by atoms with Crippen molar-refractivity contribution in [2.45, 2.75) is 50.7 Å². The summed E-state index contributed by atoms with van der Waals surface area (Å²) in [5.74, 6) is 0.327. The third kappa shape index (κ3) is 2.49. The normalized spacial score (nSPS) is 15.7. The van der Waals surface area contributed by atoms with Gasteiger partial charge in [-0.1, -0.05) is 24.6 Å². The van der Waals surface area contributed by atoms with E-state index in [1.54, 1.807) is 11.3 Å². The smallest absolute Gasteiger partial charge is 0.263 e. The quantitative estimate of drug-likeness (QED) is 0.637. The molecule has 0 unspecified atom stereocenters. The van der Waals surface area contributed by atoms with Crippen LogP contribution in [-0.4, -0.2) is 15.3 Å². The first-order chi connectivity index (χ1) is 10.1. The molecule has 0 atom stereocenters. The zero-order chi connectivity index (χ0) is 15.0. The van der Waals surface area contributed by atoms with Gasteiger partial charge in [-0.3, -0.25) is 9.36 Å². The van der Waals surface area contributed by atoms with E-state index < -0.39 is 0 Å². The van der Waals surface area contributed by atoms with Crippen molar-refractivity contribution in [3.63, 3.8) is 0 Å². The lowest BCUT2D eigenvalue weighted by Crippen LogP contribution is -2.26. The van der Waals surface area contributed by atoms with Crippen LogP contribution in [0.15, 0.2) is 9.95 Å². The number of thioether (sulfide) groups is 1. The van der Waals surface area contributed by atoms with Crippen molar-refractivity contribution in [2.75, 3.05) is 5.75 Å². The summed E-state index contributed by atoms with van der Waals surface area (Å²) in [5.41, 5.74) is 1.13. The van der Waals surface area contributed by atoms with Crippen molar-refractivity contribution < 1.29 is 0 Å². The van der Waals surface area contributed by atoms with Crippen molar-refractivity contribution in [3.05, 3.63) is 20.8 Å². The highest BCUT2D eigenvalue weighted by atomic mass is 32.2. The molecule has 0 spiro atoms. The minimum absolute atomic E-state index is 0.0780. The van der Waals surface area contributed by atoms with Gasteiger partial charge < -0.3 is 0 Å². The summed E-state index contributed by atoms with van der Waals surface area (Å²) in [6, 6.07) is 2.37. The fraction of sp³-hybridized carbons (Fsp3) is 0.533. The molecule has 3 rings (SSSR count). The van der Waals surface area contributed by atoms with Crippen molar-refractivity contribution in [3.8, 4) is 6.07 Å². The average Bonchev–Trinajstić information content (AvgIpc) is 3.06. The molecule has 1 fully saturated rings. The summed E-state index contributed by atoms with van der Waals surface area (Å²) in [4.78, 5) is 19.6. The highest BCUT2D eigenvalue weighted by Crippen LogP contribution is 2.34. The third-order valence-corrected chi connectivity index (χ3v) is 6.08. The zero-order valence-electron chi connectivity index (χ0n) is 12.2. The lowest BCUT2D eigenvalue weighted by molar-refractivity contribution is 0.458. The van der Waals surface area contributed by atoms with Crippen molar-refractivity contribution in [1.82, 2.24) is 9.55 Å². The van der Waals surface area contributed by atoms with E-state index >= 15 is 0 Å². The Hall–Kier alpha value is -1.32. The van der Waals surface area contributed by atoms with E-state index in [9.17, 15) is 4.79 Å². The summed E-state index contributed by atoms with van der Waals surface area (Å²) >= 11 is 2.95. The molecule has 2 heterocycles. The Morgan fingerprint density at radius 2 is 2.14 bits per heavy atom. The Labute approximate surface area is 131 Å². The van der Waals surface area contributed by atoms with Crippen LogP contribution in [-0.2, 0) is 0 Å². The van der Waals surface area contributed by atoms with E-state index in [1.165, 1.54) is 24.6 Å². The van der Waals surface area contributed by atoms with Crippen LogP contribution < -0.4 is 5.56 Å². The minimum atomic E-state index is 0.0780. The standard InChI is InChI=1S/C15H17N3OS2/c1-9-10(2)21-13-12(9)14(19)18(11-5-3-4-6-11)15(17-13)20-8-7-16/h11H,3-6,8H2,1-2H3. The molecule has 21 heavy (non-hydrogen) atoms. The largest absolute Gasteiger partial charge is 0.284 e. The molecule has 0 radical (unpaired) electrons. The van der Waals surface area contributed by atoms with Crippen LogP contribution >= 0.6 is 23.1 Å². The topological polar surface area (TPSA) is 58.7 Å². The molecule has 0 saturated heterocycles. The maximum absolute atomic E-state index is 13.0. The van der Waals surface area contributed by atoms with E-state index in [2.05, 4.69) is 6.07 Å². The van der Waals surface area contributed by atoms with Gasteiger partial charge in [0.1, 0.15) is 4.83 Å². The average molecular weight is 319 g/mol. The number of nitriles is 1. The lowest BCUT2D eigenvalue weighted by Gasteiger charge is -2.17. The molecule has 1 aliphatic rings. The fourth-order valence-electron chi connectivity index (χ4n) is 2.97.